The Kier molecular flexibility index (Phi) is 4.33. The van der Waals surface area contributed by atoms with Gasteiger partial charge in [0.25, 0.3) is 0 Å². The Labute approximate surface area is 137 Å². The van der Waals surface area contributed by atoms with Crippen molar-refractivity contribution in [3.05, 3.63) is 59.4 Å². The zero-order chi connectivity index (χ0) is 17.1. The van der Waals surface area contributed by atoms with Gasteiger partial charge in [0, 0.05) is 5.56 Å². The third-order valence-electron chi connectivity index (χ3n) is 3.59. The molecule has 1 heterocycles. The Morgan fingerprint density at radius 1 is 1.25 bits per heavy atom. The number of aromatic nitrogens is 4. The highest BCUT2D eigenvalue weighted by Gasteiger charge is 2.16. The number of halogens is 1. The second kappa shape index (κ2) is 6.57. The van der Waals surface area contributed by atoms with E-state index < -0.39 is 5.82 Å². The molecular formula is C17H15FN4O2. The third kappa shape index (κ3) is 3.15. The molecule has 0 N–H and O–H groups in total. The molecule has 3 rings (SSSR count). The van der Waals surface area contributed by atoms with Crippen LogP contribution in [-0.4, -0.2) is 33.1 Å². The average Bonchev–Trinajstić information content (AvgIpc) is 3.03. The minimum atomic E-state index is -0.508. The van der Waals surface area contributed by atoms with Crippen molar-refractivity contribution in [2.45, 2.75) is 13.5 Å². The molecule has 0 aliphatic carbocycles. The lowest BCUT2D eigenvalue weighted by molar-refractivity contribution is 0.0958. The van der Waals surface area contributed by atoms with Crippen molar-refractivity contribution in [1.29, 1.82) is 0 Å². The van der Waals surface area contributed by atoms with Crippen LogP contribution in [0.2, 0.25) is 0 Å². The number of tetrazole rings is 1. The highest BCUT2D eigenvalue weighted by atomic mass is 19.1. The van der Waals surface area contributed by atoms with Crippen LogP contribution in [0.25, 0.3) is 11.4 Å². The number of aryl methyl sites for hydroxylation is 1. The van der Waals surface area contributed by atoms with Crippen molar-refractivity contribution in [3.8, 4) is 17.1 Å². The number of carbonyl (C=O) groups excluding carboxylic acids is 1. The number of ketones is 1. The highest BCUT2D eigenvalue weighted by Crippen LogP contribution is 2.21. The summed E-state index contributed by atoms with van der Waals surface area (Å²) in [4.78, 5) is 13.6. The largest absolute Gasteiger partial charge is 0.496 e. The lowest BCUT2D eigenvalue weighted by atomic mass is 10.1. The van der Waals surface area contributed by atoms with Gasteiger partial charge in [-0.15, -0.1) is 10.2 Å². The van der Waals surface area contributed by atoms with Gasteiger partial charge in [-0.25, -0.2) is 4.39 Å². The van der Waals surface area contributed by atoms with Crippen LogP contribution in [-0.2, 0) is 6.54 Å². The molecule has 0 atom stereocenters. The molecule has 122 valence electrons. The van der Waals surface area contributed by atoms with E-state index in [1.807, 2.05) is 31.2 Å². The van der Waals surface area contributed by atoms with Gasteiger partial charge < -0.3 is 4.74 Å². The Bertz CT molecular complexity index is 892. The SMILES string of the molecule is COc1ccc(F)cc1C(=O)Cn1nnc(-c2ccccc2C)n1. The topological polar surface area (TPSA) is 69.9 Å². The molecule has 0 aliphatic rings. The fourth-order valence-corrected chi connectivity index (χ4v) is 2.35. The number of rotatable bonds is 5. The van der Waals surface area contributed by atoms with Gasteiger partial charge in [0.2, 0.25) is 5.82 Å². The number of hydrogen-bond donors (Lipinski definition) is 0. The van der Waals surface area contributed by atoms with Crippen LogP contribution in [0.1, 0.15) is 15.9 Å². The van der Waals surface area contributed by atoms with Crippen molar-refractivity contribution < 1.29 is 13.9 Å². The van der Waals surface area contributed by atoms with Crippen molar-refractivity contribution in [2.24, 2.45) is 0 Å². The predicted octanol–water partition coefficient (Wildman–Crippen LogP) is 2.68. The molecule has 2 aromatic carbocycles. The number of methoxy groups -OCH3 is 1. The molecule has 24 heavy (non-hydrogen) atoms. The van der Waals surface area contributed by atoms with Gasteiger partial charge in [0.1, 0.15) is 18.1 Å². The van der Waals surface area contributed by atoms with Crippen LogP contribution in [0.5, 0.6) is 5.75 Å². The van der Waals surface area contributed by atoms with E-state index in [4.69, 9.17) is 4.74 Å². The normalized spacial score (nSPS) is 10.6. The summed E-state index contributed by atoms with van der Waals surface area (Å²) in [6, 6.07) is 11.4. The van der Waals surface area contributed by atoms with Crippen molar-refractivity contribution in [2.75, 3.05) is 7.11 Å². The van der Waals surface area contributed by atoms with Gasteiger partial charge in [-0.1, -0.05) is 24.3 Å². The van der Waals surface area contributed by atoms with E-state index in [1.165, 1.54) is 24.0 Å². The number of hydrogen-bond acceptors (Lipinski definition) is 5. The maximum Gasteiger partial charge on any atom is 0.205 e. The van der Waals surface area contributed by atoms with E-state index in [2.05, 4.69) is 15.4 Å². The summed E-state index contributed by atoms with van der Waals surface area (Å²) in [7, 11) is 1.42. The van der Waals surface area contributed by atoms with Crippen molar-refractivity contribution in [3.63, 3.8) is 0 Å². The van der Waals surface area contributed by atoms with Crippen molar-refractivity contribution >= 4 is 5.78 Å². The van der Waals surface area contributed by atoms with Crippen molar-refractivity contribution in [1.82, 2.24) is 20.2 Å². The standard InChI is InChI=1S/C17H15FN4O2/c1-11-5-3-4-6-13(11)17-19-21-22(20-17)10-15(23)14-9-12(18)7-8-16(14)24-2/h3-9H,10H2,1-2H3. The molecule has 0 aliphatic heterocycles. The van der Waals surface area contributed by atoms with E-state index in [-0.39, 0.29) is 17.9 Å². The molecule has 6 nitrogen and oxygen atoms in total. The van der Waals surface area contributed by atoms with Gasteiger partial charge in [-0.2, -0.15) is 4.80 Å². The second-order valence-electron chi connectivity index (χ2n) is 5.23. The predicted molar refractivity (Wildman–Crippen MR) is 85.3 cm³/mol. The lowest BCUT2D eigenvalue weighted by Crippen LogP contribution is -2.14. The first kappa shape index (κ1) is 15.8. The van der Waals surface area contributed by atoms with Crippen LogP contribution < -0.4 is 4.74 Å². The summed E-state index contributed by atoms with van der Waals surface area (Å²) >= 11 is 0. The maximum atomic E-state index is 13.4. The number of benzene rings is 2. The quantitative estimate of drug-likeness (QED) is 0.674. The Hall–Kier alpha value is -3.09. The summed E-state index contributed by atoms with van der Waals surface area (Å²) in [5, 5.41) is 12.1. The molecule has 0 saturated heterocycles. The summed E-state index contributed by atoms with van der Waals surface area (Å²) in [6.45, 7) is 1.79. The molecule has 3 aromatic rings. The van der Waals surface area contributed by atoms with E-state index in [9.17, 15) is 9.18 Å². The first-order valence-corrected chi connectivity index (χ1v) is 7.29. The fraction of sp³-hybridized carbons (Fsp3) is 0.176. The first-order valence-electron chi connectivity index (χ1n) is 7.29. The number of nitrogens with zero attached hydrogens (tertiary/aromatic N) is 4. The molecule has 0 saturated carbocycles. The molecule has 1 aromatic heterocycles. The van der Waals surface area contributed by atoms with Gasteiger partial charge in [0.15, 0.2) is 5.78 Å². The average molecular weight is 326 g/mol. The zero-order valence-corrected chi connectivity index (χ0v) is 13.2. The molecular weight excluding hydrogens is 311 g/mol. The molecule has 7 heteroatoms. The summed E-state index contributed by atoms with van der Waals surface area (Å²) in [6.07, 6.45) is 0. The van der Waals surface area contributed by atoms with Crippen LogP contribution in [0.3, 0.4) is 0 Å². The van der Waals surface area contributed by atoms with E-state index in [0.717, 1.165) is 17.2 Å². The monoisotopic (exact) mass is 326 g/mol. The van der Waals surface area contributed by atoms with Gasteiger partial charge in [-0.3, -0.25) is 4.79 Å². The Morgan fingerprint density at radius 3 is 2.79 bits per heavy atom. The van der Waals surface area contributed by atoms with Crippen LogP contribution >= 0.6 is 0 Å². The molecule has 0 spiro atoms. The Morgan fingerprint density at radius 2 is 2.04 bits per heavy atom. The smallest absolute Gasteiger partial charge is 0.205 e. The van der Waals surface area contributed by atoms with E-state index in [0.29, 0.717) is 11.6 Å². The van der Waals surface area contributed by atoms with Crippen LogP contribution in [0.15, 0.2) is 42.5 Å². The van der Waals surface area contributed by atoms with Gasteiger partial charge >= 0.3 is 0 Å². The fourth-order valence-electron chi connectivity index (χ4n) is 2.35. The van der Waals surface area contributed by atoms with Crippen LogP contribution in [0.4, 0.5) is 4.39 Å². The summed E-state index contributed by atoms with van der Waals surface area (Å²) < 4.78 is 18.5. The minimum Gasteiger partial charge on any atom is -0.496 e. The summed E-state index contributed by atoms with van der Waals surface area (Å²) in [5.74, 6) is -0.126. The highest BCUT2D eigenvalue weighted by molar-refractivity contribution is 5.98. The maximum absolute atomic E-state index is 13.4. The first-order chi connectivity index (χ1) is 11.6. The molecule has 0 bridgehead atoms. The van der Waals surface area contributed by atoms with Gasteiger partial charge in [0.05, 0.1) is 12.7 Å². The van der Waals surface area contributed by atoms with Crippen LogP contribution in [0, 0.1) is 12.7 Å². The molecule has 0 radical (unpaired) electrons. The zero-order valence-electron chi connectivity index (χ0n) is 13.2. The lowest BCUT2D eigenvalue weighted by Gasteiger charge is -2.07. The van der Waals surface area contributed by atoms with Gasteiger partial charge in [-0.05, 0) is 35.9 Å². The molecule has 0 fully saturated rings. The third-order valence-corrected chi connectivity index (χ3v) is 3.59. The summed E-state index contributed by atoms with van der Waals surface area (Å²) in [5.41, 5.74) is 2.00. The second-order valence-corrected chi connectivity index (χ2v) is 5.23. The minimum absolute atomic E-state index is 0.146. The van der Waals surface area contributed by atoms with E-state index in [1.54, 1.807) is 0 Å². The Balaban J connectivity index is 1.84. The number of ether oxygens (including phenoxy) is 1. The molecule has 0 unspecified atom stereocenters. The number of Topliss-reactive ketones (excluding diaryl/α,β-unsaturated/α-hetero) is 1. The molecule has 0 amide bonds. The number of carbonyl (C=O) groups is 1. The van der Waals surface area contributed by atoms with E-state index >= 15 is 0 Å².